The predicted octanol–water partition coefficient (Wildman–Crippen LogP) is 2.03. The van der Waals surface area contributed by atoms with E-state index in [2.05, 4.69) is 18.7 Å². The Hall–Kier alpha value is -0.150. The zero-order chi connectivity index (χ0) is 10.6. The van der Waals surface area contributed by atoms with E-state index in [1.807, 2.05) is 0 Å². The van der Waals surface area contributed by atoms with Crippen molar-refractivity contribution >= 4 is 17.2 Å². The van der Waals surface area contributed by atoms with E-state index in [4.69, 9.17) is 18.0 Å². The van der Waals surface area contributed by atoms with Crippen molar-refractivity contribution in [2.24, 2.45) is 17.6 Å². The Morgan fingerprint density at radius 3 is 2.36 bits per heavy atom. The molecule has 0 bridgehead atoms. The molecule has 1 rings (SSSR count). The van der Waals surface area contributed by atoms with Gasteiger partial charge in [0, 0.05) is 13.1 Å². The van der Waals surface area contributed by atoms with Gasteiger partial charge in [-0.25, -0.2) is 0 Å². The fourth-order valence-electron chi connectivity index (χ4n) is 2.07. The van der Waals surface area contributed by atoms with Crippen LogP contribution in [0.3, 0.4) is 0 Å². The summed E-state index contributed by atoms with van der Waals surface area (Å²) in [7, 11) is 0. The topological polar surface area (TPSA) is 29.3 Å². The van der Waals surface area contributed by atoms with Crippen LogP contribution in [-0.4, -0.2) is 29.5 Å². The van der Waals surface area contributed by atoms with Crippen molar-refractivity contribution < 1.29 is 0 Å². The van der Waals surface area contributed by atoms with E-state index in [0.717, 1.165) is 24.7 Å². The molecule has 0 aromatic rings. The van der Waals surface area contributed by atoms with E-state index in [-0.39, 0.29) is 0 Å². The van der Waals surface area contributed by atoms with Gasteiger partial charge in [-0.1, -0.05) is 26.1 Å². The number of hydrogen-bond acceptors (Lipinski definition) is 2. The molecule has 2 nitrogen and oxygen atoms in total. The molecule has 1 aliphatic rings. The maximum atomic E-state index is 5.45. The summed E-state index contributed by atoms with van der Waals surface area (Å²) >= 11 is 4.85. The lowest BCUT2D eigenvalue weighted by Gasteiger charge is -2.14. The van der Waals surface area contributed by atoms with Crippen molar-refractivity contribution in [2.45, 2.75) is 33.1 Å². The zero-order valence-electron chi connectivity index (χ0n) is 9.33. The summed E-state index contributed by atoms with van der Waals surface area (Å²) < 4.78 is 0. The van der Waals surface area contributed by atoms with Crippen LogP contribution in [0.5, 0.6) is 0 Å². The molecule has 2 unspecified atom stereocenters. The van der Waals surface area contributed by atoms with E-state index < -0.39 is 0 Å². The van der Waals surface area contributed by atoms with Crippen molar-refractivity contribution in [1.82, 2.24) is 4.90 Å². The molecule has 0 radical (unpaired) electrons. The fraction of sp³-hybridized carbons (Fsp3) is 0.909. The van der Waals surface area contributed by atoms with Gasteiger partial charge in [0.1, 0.15) is 0 Å². The van der Waals surface area contributed by atoms with Gasteiger partial charge in [0.05, 0.1) is 4.99 Å². The maximum Gasteiger partial charge on any atom is 0.0727 e. The van der Waals surface area contributed by atoms with Crippen molar-refractivity contribution in [1.29, 1.82) is 0 Å². The highest BCUT2D eigenvalue weighted by molar-refractivity contribution is 7.80. The van der Waals surface area contributed by atoms with E-state index in [0.29, 0.717) is 4.99 Å². The molecule has 82 valence electrons. The minimum absolute atomic E-state index is 0.660. The Bertz CT molecular complexity index is 184. The molecule has 1 saturated heterocycles. The maximum absolute atomic E-state index is 5.45. The number of nitrogens with two attached hydrogens (primary N) is 1. The van der Waals surface area contributed by atoms with Gasteiger partial charge in [-0.05, 0) is 37.6 Å². The third-order valence-corrected chi connectivity index (χ3v) is 3.42. The van der Waals surface area contributed by atoms with E-state index in [1.165, 1.54) is 26.1 Å². The number of nitrogens with zero attached hydrogens (tertiary/aromatic N) is 1. The van der Waals surface area contributed by atoms with Crippen molar-refractivity contribution in [3.05, 3.63) is 0 Å². The van der Waals surface area contributed by atoms with E-state index >= 15 is 0 Å². The molecule has 1 fully saturated rings. The van der Waals surface area contributed by atoms with Gasteiger partial charge >= 0.3 is 0 Å². The van der Waals surface area contributed by atoms with E-state index in [9.17, 15) is 0 Å². The van der Waals surface area contributed by atoms with Crippen LogP contribution >= 0.6 is 12.2 Å². The standard InChI is InChI=1S/C11H22N2S/c1-9-7-13(8-10(9)2)6-4-3-5-11(12)14/h9-10H,3-8H2,1-2H3,(H2,12,14). The highest BCUT2D eigenvalue weighted by Gasteiger charge is 2.24. The monoisotopic (exact) mass is 214 g/mol. The average molecular weight is 214 g/mol. The summed E-state index contributed by atoms with van der Waals surface area (Å²) in [5.41, 5.74) is 5.45. The summed E-state index contributed by atoms with van der Waals surface area (Å²) in [5.74, 6) is 1.73. The van der Waals surface area contributed by atoms with Crippen LogP contribution in [0.4, 0.5) is 0 Å². The quantitative estimate of drug-likeness (QED) is 0.561. The lowest BCUT2D eigenvalue weighted by molar-refractivity contribution is 0.317. The molecular formula is C11H22N2S. The van der Waals surface area contributed by atoms with Crippen LogP contribution in [0.25, 0.3) is 0 Å². The minimum Gasteiger partial charge on any atom is -0.393 e. The molecule has 0 saturated carbocycles. The molecular weight excluding hydrogens is 192 g/mol. The highest BCUT2D eigenvalue weighted by atomic mass is 32.1. The van der Waals surface area contributed by atoms with Gasteiger partial charge in [0.15, 0.2) is 0 Å². The lowest BCUT2D eigenvalue weighted by Crippen LogP contribution is -2.22. The molecule has 14 heavy (non-hydrogen) atoms. The summed E-state index contributed by atoms with van der Waals surface area (Å²) in [6.45, 7) is 8.46. The summed E-state index contributed by atoms with van der Waals surface area (Å²) in [6.07, 6.45) is 3.29. The summed E-state index contributed by atoms with van der Waals surface area (Å²) in [6, 6.07) is 0. The average Bonchev–Trinajstić information content (AvgIpc) is 2.40. The number of thiocarbonyl (C=S) groups is 1. The Morgan fingerprint density at radius 1 is 1.29 bits per heavy atom. The van der Waals surface area contributed by atoms with Crippen LogP contribution in [-0.2, 0) is 0 Å². The molecule has 3 heteroatoms. The molecule has 0 spiro atoms. The van der Waals surface area contributed by atoms with Crippen LogP contribution in [0.1, 0.15) is 33.1 Å². The second kappa shape index (κ2) is 5.66. The zero-order valence-corrected chi connectivity index (χ0v) is 10.1. The number of rotatable bonds is 5. The largest absolute Gasteiger partial charge is 0.393 e. The fourth-order valence-corrected chi connectivity index (χ4v) is 2.21. The van der Waals surface area contributed by atoms with Gasteiger partial charge in [-0.3, -0.25) is 0 Å². The van der Waals surface area contributed by atoms with Crippen molar-refractivity contribution in [2.75, 3.05) is 19.6 Å². The summed E-state index contributed by atoms with van der Waals surface area (Å²) in [4.78, 5) is 3.22. The first kappa shape index (κ1) is 11.9. The lowest BCUT2D eigenvalue weighted by atomic mass is 10.0. The molecule has 0 aromatic carbocycles. The van der Waals surface area contributed by atoms with Gasteiger partial charge < -0.3 is 10.6 Å². The van der Waals surface area contributed by atoms with Gasteiger partial charge in [0.25, 0.3) is 0 Å². The second-order valence-corrected chi connectivity index (χ2v) is 5.16. The van der Waals surface area contributed by atoms with Gasteiger partial charge in [-0.15, -0.1) is 0 Å². The van der Waals surface area contributed by atoms with Crippen molar-refractivity contribution in [3.63, 3.8) is 0 Å². The first-order chi connectivity index (χ1) is 6.59. The Labute approximate surface area is 92.8 Å². The number of unbranched alkanes of at least 4 members (excludes halogenated alkanes) is 1. The first-order valence-corrected chi connectivity index (χ1v) is 6.01. The van der Waals surface area contributed by atoms with Gasteiger partial charge in [-0.2, -0.15) is 0 Å². The van der Waals surface area contributed by atoms with Crippen molar-refractivity contribution in [3.8, 4) is 0 Å². The smallest absolute Gasteiger partial charge is 0.0727 e. The Balaban J connectivity index is 2.06. The molecule has 2 N–H and O–H groups in total. The van der Waals surface area contributed by atoms with Crippen LogP contribution in [0.2, 0.25) is 0 Å². The first-order valence-electron chi connectivity index (χ1n) is 5.60. The summed E-state index contributed by atoms with van der Waals surface area (Å²) in [5, 5.41) is 0. The number of likely N-dealkylation sites (tertiary alicyclic amines) is 1. The molecule has 2 atom stereocenters. The number of hydrogen-bond donors (Lipinski definition) is 1. The van der Waals surface area contributed by atoms with Crippen LogP contribution < -0.4 is 5.73 Å². The molecule has 1 aliphatic heterocycles. The normalized spacial score (nSPS) is 28.1. The Kier molecular flexibility index (Phi) is 4.82. The van der Waals surface area contributed by atoms with E-state index in [1.54, 1.807) is 0 Å². The van der Waals surface area contributed by atoms with Crippen LogP contribution in [0.15, 0.2) is 0 Å². The molecule has 1 heterocycles. The Morgan fingerprint density at radius 2 is 1.86 bits per heavy atom. The third-order valence-electron chi connectivity index (χ3n) is 3.21. The molecule has 0 aliphatic carbocycles. The second-order valence-electron chi connectivity index (χ2n) is 4.64. The minimum atomic E-state index is 0.660. The highest BCUT2D eigenvalue weighted by Crippen LogP contribution is 2.22. The SMILES string of the molecule is CC1CN(CCCCC(N)=S)CC1C. The molecule has 0 amide bonds. The molecule has 0 aromatic heterocycles. The van der Waals surface area contributed by atoms with Gasteiger partial charge in [0.2, 0.25) is 0 Å². The third kappa shape index (κ3) is 3.93. The predicted molar refractivity (Wildman–Crippen MR) is 65.4 cm³/mol. The van der Waals surface area contributed by atoms with Crippen LogP contribution in [0, 0.1) is 11.8 Å².